The van der Waals surface area contributed by atoms with Crippen LogP contribution < -0.4 is 11.1 Å². The highest BCUT2D eigenvalue weighted by molar-refractivity contribution is 6.29. The smallest absolute Gasteiger partial charge is 0.255 e. The Morgan fingerprint density at radius 3 is 2.43 bits per heavy atom. The summed E-state index contributed by atoms with van der Waals surface area (Å²) < 4.78 is 0. The van der Waals surface area contributed by atoms with Gasteiger partial charge in [-0.05, 0) is 49.7 Å². The molecular formula is C15H14ClN3O2. The standard InChI is InChI=1S/C15H14ClN3O2/c1-8-5-10(14(17)20)3-4-12(8)19-15(21)11-6-9(2)18-13(16)7-11/h3-7H,1-2H3,(H2,17,20)(H,19,21). The molecule has 0 saturated heterocycles. The normalized spacial score (nSPS) is 10.2. The van der Waals surface area contributed by atoms with Gasteiger partial charge in [0.25, 0.3) is 5.91 Å². The number of halogens is 1. The quantitative estimate of drug-likeness (QED) is 0.855. The number of hydrogen-bond acceptors (Lipinski definition) is 3. The van der Waals surface area contributed by atoms with Crippen LogP contribution in [0.25, 0.3) is 0 Å². The van der Waals surface area contributed by atoms with Crippen molar-refractivity contribution < 1.29 is 9.59 Å². The van der Waals surface area contributed by atoms with Crippen molar-refractivity contribution in [1.82, 2.24) is 4.98 Å². The third-order valence-electron chi connectivity index (χ3n) is 2.94. The molecule has 1 aromatic heterocycles. The fraction of sp³-hybridized carbons (Fsp3) is 0.133. The van der Waals surface area contributed by atoms with E-state index in [1.54, 1.807) is 38.1 Å². The van der Waals surface area contributed by atoms with E-state index in [0.717, 1.165) is 5.56 Å². The summed E-state index contributed by atoms with van der Waals surface area (Å²) in [4.78, 5) is 27.3. The number of anilines is 1. The number of carbonyl (C=O) groups is 2. The van der Waals surface area contributed by atoms with E-state index in [4.69, 9.17) is 17.3 Å². The molecule has 1 aromatic carbocycles. The number of nitrogens with zero attached hydrogens (tertiary/aromatic N) is 1. The Hall–Kier alpha value is -2.40. The Kier molecular flexibility index (Phi) is 4.23. The zero-order valence-electron chi connectivity index (χ0n) is 11.6. The minimum absolute atomic E-state index is 0.265. The molecule has 0 unspecified atom stereocenters. The van der Waals surface area contributed by atoms with Crippen LogP contribution in [-0.4, -0.2) is 16.8 Å². The minimum atomic E-state index is -0.507. The highest BCUT2D eigenvalue weighted by Crippen LogP contribution is 2.18. The first-order chi connectivity index (χ1) is 9.86. The van der Waals surface area contributed by atoms with Gasteiger partial charge in [0.1, 0.15) is 5.15 Å². The van der Waals surface area contributed by atoms with Crippen LogP contribution in [0.15, 0.2) is 30.3 Å². The number of benzene rings is 1. The summed E-state index contributed by atoms with van der Waals surface area (Å²) in [6.07, 6.45) is 0. The topological polar surface area (TPSA) is 85.1 Å². The molecule has 2 rings (SSSR count). The van der Waals surface area contributed by atoms with Gasteiger partial charge in [0.2, 0.25) is 5.91 Å². The van der Waals surface area contributed by atoms with Gasteiger partial charge in [-0.3, -0.25) is 9.59 Å². The molecule has 0 atom stereocenters. The summed E-state index contributed by atoms with van der Waals surface area (Å²) in [5.41, 5.74) is 8.04. The van der Waals surface area contributed by atoms with Gasteiger partial charge in [-0.25, -0.2) is 4.98 Å². The minimum Gasteiger partial charge on any atom is -0.366 e. The number of aryl methyl sites for hydroxylation is 2. The lowest BCUT2D eigenvalue weighted by Crippen LogP contribution is -2.15. The van der Waals surface area contributed by atoms with Crippen LogP contribution >= 0.6 is 11.6 Å². The average Bonchev–Trinajstić information content (AvgIpc) is 2.39. The second-order valence-corrected chi connectivity index (χ2v) is 5.06. The maximum atomic E-state index is 12.2. The molecule has 0 bridgehead atoms. The van der Waals surface area contributed by atoms with E-state index in [1.807, 2.05) is 0 Å². The van der Waals surface area contributed by atoms with Gasteiger partial charge in [0.15, 0.2) is 0 Å². The summed E-state index contributed by atoms with van der Waals surface area (Å²) in [6, 6.07) is 7.98. The molecule has 0 aliphatic heterocycles. The number of hydrogen-bond donors (Lipinski definition) is 2. The van der Waals surface area contributed by atoms with Gasteiger partial charge in [-0.1, -0.05) is 11.6 Å². The number of aromatic nitrogens is 1. The lowest BCUT2D eigenvalue weighted by atomic mass is 10.1. The van der Waals surface area contributed by atoms with Crippen LogP contribution in [0.4, 0.5) is 5.69 Å². The fourth-order valence-electron chi connectivity index (χ4n) is 1.91. The molecular weight excluding hydrogens is 290 g/mol. The van der Waals surface area contributed by atoms with Crippen LogP contribution in [0.5, 0.6) is 0 Å². The monoisotopic (exact) mass is 303 g/mol. The van der Waals surface area contributed by atoms with Gasteiger partial charge in [0, 0.05) is 22.5 Å². The molecule has 2 aromatic rings. The lowest BCUT2D eigenvalue weighted by molar-refractivity contribution is 0.0998. The number of rotatable bonds is 3. The molecule has 0 aliphatic carbocycles. The third-order valence-corrected chi connectivity index (χ3v) is 3.14. The molecule has 0 saturated carbocycles. The van der Waals surface area contributed by atoms with Crippen LogP contribution in [0.2, 0.25) is 5.15 Å². The van der Waals surface area contributed by atoms with Crippen molar-refractivity contribution in [3.63, 3.8) is 0 Å². The van der Waals surface area contributed by atoms with E-state index in [-0.39, 0.29) is 11.1 Å². The van der Waals surface area contributed by atoms with Crippen molar-refractivity contribution in [3.05, 3.63) is 57.9 Å². The maximum absolute atomic E-state index is 12.2. The van der Waals surface area contributed by atoms with Crippen LogP contribution in [0.1, 0.15) is 32.0 Å². The highest BCUT2D eigenvalue weighted by atomic mass is 35.5. The second-order valence-electron chi connectivity index (χ2n) is 4.67. The number of amides is 2. The fourth-order valence-corrected chi connectivity index (χ4v) is 2.16. The van der Waals surface area contributed by atoms with Crippen molar-refractivity contribution in [2.24, 2.45) is 5.73 Å². The average molecular weight is 304 g/mol. The largest absolute Gasteiger partial charge is 0.366 e. The molecule has 5 nitrogen and oxygen atoms in total. The van der Waals surface area contributed by atoms with Crippen LogP contribution in [-0.2, 0) is 0 Å². The molecule has 21 heavy (non-hydrogen) atoms. The predicted molar refractivity (Wildman–Crippen MR) is 81.6 cm³/mol. The number of nitrogens with two attached hydrogens (primary N) is 1. The summed E-state index contributed by atoms with van der Waals surface area (Å²) in [5, 5.41) is 3.03. The predicted octanol–water partition coefficient (Wildman–Crippen LogP) is 2.70. The van der Waals surface area contributed by atoms with Crippen molar-refractivity contribution in [2.75, 3.05) is 5.32 Å². The Bertz CT molecular complexity index is 709. The first-order valence-corrected chi connectivity index (χ1v) is 6.60. The van der Waals surface area contributed by atoms with E-state index < -0.39 is 5.91 Å². The van der Waals surface area contributed by atoms with Crippen molar-refractivity contribution in [2.45, 2.75) is 13.8 Å². The molecule has 0 spiro atoms. The number of nitrogens with one attached hydrogen (secondary N) is 1. The number of pyridine rings is 1. The first kappa shape index (κ1) is 15.0. The Balaban J connectivity index is 2.25. The molecule has 3 N–H and O–H groups in total. The summed E-state index contributed by atoms with van der Waals surface area (Å²) in [7, 11) is 0. The zero-order chi connectivity index (χ0) is 15.6. The highest BCUT2D eigenvalue weighted by Gasteiger charge is 2.11. The molecule has 6 heteroatoms. The zero-order valence-corrected chi connectivity index (χ0v) is 12.4. The van der Waals surface area contributed by atoms with Gasteiger partial charge >= 0.3 is 0 Å². The van der Waals surface area contributed by atoms with E-state index >= 15 is 0 Å². The van der Waals surface area contributed by atoms with Crippen LogP contribution in [0.3, 0.4) is 0 Å². The van der Waals surface area contributed by atoms with Gasteiger partial charge in [0.05, 0.1) is 0 Å². The van der Waals surface area contributed by atoms with Crippen LogP contribution in [0, 0.1) is 13.8 Å². The maximum Gasteiger partial charge on any atom is 0.255 e. The Labute approximate surface area is 127 Å². The Morgan fingerprint density at radius 2 is 1.86 bits per heavy atom. The van der Waals surface area contributed by atoms with Gasteiger partial charge in [-0.2, -0.15) is 0 Å². The molecule has 2 amide bonds. The van der Waals surface area contributed by atoms with E-state index in [0.29, 0.717) is 22.5 Å². The summed E-state index contributed by atoms with van der Waals surface area (Å²) in [6.45, 7) is 3.54. The molecule has 0 fully saturated rings. The molecule has 0 aliphatic rings. The second kappa shape index (κ2) is 5.93. The molecule has 1 heterocycles. The SMILES string of the molecule is Cc1cc(C(=O)Nc2ccc(C(N)=O)cc2C)cc(Cl)n1. The third kappa shape index (κ3) is 3.58. The van der Waals surface area contributed by atoms with Crippen molar-refractivity contribution in [1.29, 1.82) is 0 Å². The van der Waals surface area contributed by atoms with E-state index in [9.17, 15) is 9.59 Å². The molecule has 108 valence electrons. The first-order valence-electron chi connectivity index (χ1n) is 6.23. The number of carbonyl (C=O) groups excluding carboxylic acids is 2. The van der Waals surface area contributed by atoms with Gasteiger partial charge in [-0.15, -0.1) is 0 Å². The van der Waals surface area contributed by atoms with Crippen molar-refractivity contribution >= 4 is 29.1 Å². The van der Waals surface area contributed by atoms with Gasteiger partial charge < -0.3 is 11.1 Å². The lowest BCUT2D eigenvalue weighted by Gasteiger charge is -2.10. The molecule has 0 radical (unpaired) electrons. The van der Waals surface area contributed by atoms with Crippen molar-refractivity contribution in [3.8, 4) is 0 Å². The summed E-state index contributed by atoms with van der Waals surface area (Å²) >= 11 is 5.84. The Morgan fingerprint density at radius 1 is 1.14 bits per heavy atom. The number of primary amides is 1. The van der Waals surface area contributed by atoms with E-state index in [1.165, 1.54) is 6.07 Å². The van der Waals surface area contributed by atoms with E-state index in [2.05, 4.69) is 10.3 Å². The summed E-state index contributed by atoms with van der Waals surface area (Å²) in [5.74, 6) is -0.801.